The molecule has 1 heterocycles. The molecule has 128 valence electrons. The molecule has 1 fully saturated rings. The topological polar surface area (TPSA) is 61.8 Å². The van der Waals surface area contributed by atoms with Gasteiger partial charge < -0.3 is 10.2 Å². The van der Waals surface area contributed by atoms with Gasteiger partial charge in [-0.15, -0.1) is 0 Å². The molecular formula is C17H27N3O2S. The minimum Gasteiger partial charge on any atom is -0.357 e. The van der Waals surface area contributed by atoms with E-state index in [-0.39, 0.29) is 12.3 Å². The van der Waals surface area contributed by atoms with Gasteiger partial charge >= 0.3 is 0 Å². The number of hydrogen-bond donors (Lipinski definition) is 1. The molecule has 1 atom stereocenters. The van der Waals surface area contributed by atoms with E-state index in [1.807, 2.05) is 13.0 Å². The number of piperidine rings is 1. The Morgan fingerprint density at radius 3 is 2.74 bits per heavy atom. The molecule has 0 aromatic heterocycles. The van der Waals surface area contributed by atoms with Gasteiger partial charge in [-0.1, -0.05) is 25.1 Å². The van der Waals surface area contributed by atoms with Gasteiger partial charge in [-0.2, -0.15) is 0 Å². The quantitative estimate of drug-likeness (QED) is 0.661. The van der Waals surface area contributed by atoms with Crippen LogP contribution in [-0.2, 0) is 9.84 Å². The van der Waals surface area contributed by atoms with Gasteiger partial charge in [0.15, 0.2) is 15.8 Å². The molecule has 1 aromatic carbocycles. The number of aliphatic imine (C=N–C) groups is 1. The third kappa shape index (κ3) is 5.23. The van der Waals surface area contributed by atoms with Gasteiger partial charge in [-0.3, -0.25) is 4.99 Å². The first-order valence-electron chi connectivity index (χ1n) is 8.34. The number of sulfone groups is 1. The Labute approximate surface area is 139 Å². The van der Waals surface area contributed by atoms with E-state index in [1.165, 1.54) is 6.42 Å². The Morgan fingerprint density at radius 2 is 2.09 bits per heavy atom. The summed E-state index contributed by atoms with van der Waals surface area (Å²) in [6, 6.07) is 8.58. The Bertz CT molecular complexity index is 614. The Morgan fingerprint density at radius 1 is 1.35 bits per heavy atom. The van der Waals surface area contributed by atoms with Crippen LogP contribution < -0.4 is 5.32 Å². The van der Waals surface area contributed by atoms with E-state index in [4.69, 9.17) is 0 Å². The lowest BCUT2D eigenvalue weighted by Gasteiger charge is -2.33. The predicted molar refractivity (Wildman–Crippen MR) is 94.4 cm³/mol. The number of nitrogens with zero attached hydrogens (tertiary/aromatic N) is 2. The third-order valence-corrected chi connectivity index (χ3v) is 5.73. The molecule has 0 amide bonds. The van der Waals surface area contributed by atoms with E-state index >= 15 is 0 Å². The Kier molecular flexibility index (Phi) is 6.45. The molecule has 0 radical (unpaired) electrons. The number of rotatable bonds is 5. The van der Waals surface area contributed by atoms with Crippen molar-refractivity contribution < 1.29 is 8.42 Å². The fraction of sp³-hybridized carbons (Fsp3) is 0.588. The van der Waals surface area contributed by atoms with Crippen molar-refractivity contribution in [3.63, 3.8) is 0 Å². The SMILES string of the molecule is CCNC(=NCCS(=O)(=O)c1ccccc1)N1CCCC(C)C1. The molecule has 5 nitrogen and oxygen atoms in total. The number of hydrogen-bond acceptors (Lipinski definition) is 3. The van der Waals surface area contributed by atoms with Crippen LogP contribution in [0.2, 0.25) is 0 Å². The van der Waals surface area contributed by atoms with E-state index in [9.17, 15) is 8.42 Å². The van der Waals surface area contributed by atoms with Crippen LogP contribution in [0.5, 0.6) is 0 Å². The molecule has 0 spiro atoms. The van der Waals surface area contributed by atoms with Crippen LogP contribution in [0.25, 0.3) is 0 Å². The van der Waals surface area contributed by atoms with Crippen LogP contribution in [0.15, 0.2) is 40.2 Å². The minimum atomic E-state index is -3.27. The lowest BCUT2D eigenvalue weighted by Crippen LogP contribution is -2.46. The van der Waals surface area contributed by atoms with Crippen molar-refractivity contribution >= 4 is 15.8 Å². The first-order valence-corrected chi connectivity index (χ1v) is 9.99. The van der Waals surface area contributed by atoms with Crippen LogP contribution in [0.3, 0.4) is 0 Å². The average molecular weight is 337 g/mol. The normalized spacial score (nSPS) is 19.7. The lowest BCUT2D eigenvalue weighted by atomic mass is 10.0. The fourth-order valence-electron chi connectivity index (χ4n) is 2.83. The summed E-state index contributed by atoms with van der Waals surface area (Å²) in [4.78, 5) is 7.14. The average Bonchev–Trinajstić information content (AvgIpc) is 2.55. The summed E-state index contributed by atoms with van der Waals surface area (Å²) in [5.74, 6) is 1.53. The van der Waals surface area contributed by atoms with Gasteiger partial charge in [0, 0.05) is 19.6 Å². The molecule has 0 bridgehead atoms. The third-order valence-electron chi connectivity index (χ3n) is 4.02. The number of benzene rings is 1. The van der Waals surface area contributed by atoms with Gasteiger partial charge in [0.25, 0.3) is 0 Å². The van der Waals surface area contributed by atoms with Crippen molar-refractivity contribution in [1.29, 1.82) is 0 Å². The van der Waals surface area contributed by atoms with E-state index in [2.05, 4.69) is 22.1 Å². The highest BCUT2D eigenvalue weighted by Crippen LogP contribution is 2.15. The van der Waals surface area contributed by atoms with Crippen molar-refractivity contribution in [1.82, 2.24) is 10.2 Å². The van der Waals surface area contributed by atoms with Crippen LogP contribution in [0, 0.1) is 5.92 Å². The summed E-state index contributed by atoms with van der Waals surface area (Å²) < 4.78 is 24.6. The zero-order valence-corrected chi connectivity index (χ0v) is 14.8. The molecule has 2 rings (SSSR count). The molecule has 23 heavy (non-hydrogen) atoms. The van der Waals surface area contributed by atoms with Crippen molar-refractivity contribution in [2.45, 2.75) is 31.6 Å². The van der Waals surface area contributed by atoms with Gasteiger partial charge in [0.05, 0.1) is 17.2 Å². The second-order valence-electron chi connectivity index (χ2n) is 6.06. The van der Waals surface area contributed by atoms with E-state index in [0.29, 0.717) is 10.8 Å². The zero-order chi connectivity index (χ0) is 16.7. The molecule has 1 N–H and O–H groups in total. The highest BCUT2D eigenvalue weighted by molar-refractivity contribution is 7.91. The fourth-order valence-corrected chi connectivity index (χ4v) is 3.96. The molecule has 1 aliphatic rings. The summed E-state index contributed by atoms with van der Waals surface area (Å²) in [5, 5.41) is 3.28. The molecule has 0 saturated carbocycles. The van der Waals surface area contributed by atoms with Crippen molar-refractivity contribution in [2.24, 2.45) is 10.9 Å². The minimum absolute atomic E-state index is 0.0370. The van der Waals surface area contributed by atoms with E-state index in [0.717, 1.165) is 32.0 Å². The maximum atomic E-state index is 12.3. The van der Waals surface area contributed by atoms with Gasteiger partial charge in [-0.05, 0) is 37.8 Å². The van der Waals surface area contributed by atoms with Crippen LogP contribution >= 0.6 is 0 Å². The van der Waals surface area contributed by atoms with Gasteiger partial charge in [0.1, 0.15) is 0 Å². The number of guanidine groups is 1. The van der Waals surface area contributed by atoms with Crippen LogP contribution in [0.1, 0.15) is 26.7 Å². The summed E-state index contributed by atoms with van der Waals surface area (Å²) in [7, 11) is -3.27. The molecule has 0 aliphatic carbocycles. The zero-order valence-electron chi connectivity index (χ0n) is 14.0. The van der Waals surface area contributed by atoms with Crippen molar-refractivity contribution in [3.8, 4) is 0 Å². The van der Waals surface area contributed by atoms with Crippen molar-refractivity contribution in [3.05, 3.63) is 30.3 Å². The molecular weight excluding hydrogens is 310 g/mol. The molecule has 1 saturated heterocycles. The summed E-state index contributed by atoms with van der Waals surface area (Å²) in [5.41, 5.74) is 0. The van der Waals surface area contributed by atoms with E-state index < -0.39 is 9.84 Å². The monoisotopic (exact) mass is 337 g/mol. The molecule has 6 heteroatoms. The Hall–Kier alpha value is -1.56. The predicted octanol–water partition coefficient (Wildman–Crippen LogP) is 2.16. The molecule has 1 aliphatic heterocycles. The van der Waals surface area contributed by atoms with Crippen LogP contribution in [-0.4, -0.2) is 51.2 Å². The number of nitrogens with one attached hydrogen (secondary N) is 1. The highest BCUT2D eigenvalue weighted by Gasteiger charge is 2.19. The standard InChI is InChI=1S/C17H27N3O2S/c1-3-18-17(20-12-7-8-15(2)14-20)19-11-13-23(21,22)16-9-5-4-6-10-16/h4-6,9-10,15H,3,7-8,11-14H2,1-2H3,(H,18,19). The highest BCUT2D eigenvalue weighted by atomic mass is 32.2. The van der Waals surface area contributed by atoms with Gasteiger partial charge in [-0.25, -0.2) is 8.42 Å². The van der Waals surface area contributed by atoms with Crippen LogP contribution in [0.4, 0.5) is 0 Å². The molecule has 1 aromatic rings. The summed E-state index contributed by atoms with van der Waals surface area (Å²) in [6.45, 7) is 7.32. The summed E-state index contributed by atoms with van der Waals surface area (Å²) >= 11 is 0. The maximum absolute atomic E-state index is 12.3. The first kappa shape index (κ1) is 17.8. The Balaban J connectivity index is 2.00. The molecule has 1 unspecified atom stereocenters. The largest absolute Gasteiger partial charge is 0.357 e. The van der Waals surface area contributed by atoms with Gasteiger partial charge in [0.2, 0.25) is 0 Å². The maximum Gasteiger partial charge on any atom is 0.193 e. The summed E-state index contributed by atoms with van der Waals surface area (Å²) in [6.07, 6.45) is 2.41. The smallest absolute Gasteiger partial charge is 0.193 e. The number of likely N-dealkylation sites (tertiary alicyclic amines) is 1. The first-order chi connectivity index (χ1) is 11.0. The lowest BCUT2D eigenvalue weighted by molar-refractivity contribution is 0.266. The van der Waals surface area contributed by atoms with Crippen molar-refractivity contribution in [2.75, 3.05) is 31.9 Å². The second kappa shape index (κ2) is 8.34. The second-order valence-corrected chi connectivity index (χ2v) is 8.17. The van der Waals surface area contributed by atoms with E-state index in [1.54, 1.807) is 24.3 Å².